The van der Waals surface area contributed by atoms with Gasteiger partial charge in [0.2, 0.25) is 0 Å². The standard InChI is InChI=1S/C12H22N2O/c1-5-11-10-12(4,6-2)14(13-11)8-9-15-7-3/h7H,3,5-6,8-10H2,1-2,4H3. The van der Waals surface area contributed by atoms with Crippen molar-refractivity contribution < 1.29 is 4.74 Å². The molecule has 0 saturated heterocycles. The second-order valence-electron chi connectivity index (χ2n) is 4.21. The Morgan fingerprint density at radius 1 is 1.60 bits per heavy atom. The highest BCUT2D eigenvalue weighted by atomic mass is 16.5. The van der Waals surface area contributed by atoms with Crippen LogP contribution < -0.4 is 0 Å². The molecule has 1 atom stereocenters. The maximum atomic E-state index is 5.16. The fraction of sp³-hybridized carbons (Fsp3) is 0.750. The second-order valence-corrected chi connectivity index (χ2v) is 4.21. The highest BCUT2D eigenvalue weighted by molar-refractivity contribution is 5.86. The molecule has 3 nitrogen and oxygen atoms in total. The van der Waals surface area contributed by atoms with E-state index < -0.39 is 0 Å². The van der Waals surface area contributed by atoms with Gasteiger partial charge in [0.1, 0.15) is 6.61 Å². The van der Waals surface area contributed by atoms with Crippen LogP contribution in [0.4, 0.5) is 0 Å². The first-order valence-electron chi connectivity index (χ1n) is 5.72. The van der Waals surface area contributed by atoms with Gasteiger partial charge in [-0.2, -0.15) is 5.10 Å². The molecule has 0 fully saturated rings. The third-order valence-corrected chi connectivity index (χ3v) is 3.18. The summed E-state index contributed by atoms with van der Waals surface area (Å²) in [5.41, 5.74) is 1.49. The van der Waals surface area contributed by atoms with E-state index in [1.54, 1.807) is 0 Å². The number of hydrogen-bond donors (Lipinski definition) is 0. The maximum Gasteiger partial charge on any atom is 0.106 e. The van der Waals surface area contributed by atoms with Gasteiger partial charge in [-0.05, 0) is 19.8 Å². The average Bonchev–Trinajstić information content (AvgIpc) is 2.57. The summed E-state index contributed by atoms with van der Waals surface area (Å²) in [5, 5.41) is 6.81. The number of hydrogen-bond acceptors (Lipinski definition) is 3. The first-order chi connectivity index (χ1) is 7.16. The van der Waals surface area contributed by atoms with Crippen LogP contribution in [-0.2, 0) is 4.74 Å². The van der Waals surface area contributed by atoms with E-state index in [2.05, 4.69) is 37.5 Å². The monoisotopic (exact) mass is 210 g/mol. The number of nitrogens with zero attached hydrogens (tertiary/aromatic N) is 2. The third kappa shape index (κ3) is 2.74. The van der Waals surface area contributed by atoms with Gasteiger partial charge in [-0.25, -0.2) is 0 Å². The van der Waals surface area contributed by atoms with E-state index in [4.69, 9.17) is 4.74 Å². The van der Waals surface area contributed by atoms with Crippen molar-refractivity contribution >= 4 is 5.71 Å². The Morgan fingerprint density at radius 2 is 2.33 bits per heavy atom. The number of hydrazone groups is 1. The summed E-state index contributed by atoms with van der Waals surface area (Å²) in [5.74, 6) is 0. The number of ether oxygens (including phenoxy) is 1. The minimum absolute atomic E-state index is 0.190. The topological polar surface area (TPSA) is 24.8 Å². The predicted octanol–water partition coefficient (Wildman–Crippen LogP) is 2.79. The first-order valence-corrected chi connectivity index (χ1v) is 5.72. The summed E-state index contributed by atoms with van der Waals surface area (Å²) < 4.78 is 5.16. The van der Waals surface area contributed by atoms with E-state index >= 15 is 0 Å². The Bertz CT molecular complexity index is 250. The average molecular weight is 210 g/mol. The van der Waals surface area contributed by atoms with Crippen molar-refractivity contribution in [3.63, 3.8) is 0 Å². The fourth-order valence-electron chi connectivity index (χ4n) is 1.90. The smallest absolute Gasteiger partial charge is 0.106 e. The third-order valence-electron chi connectivity index (χ3n) is 3.18. The summed E-state index contributed by atoms with van der Waals surface area (Å²) in [6, 6.07) is 0. The lowest BCUT2D eigenvalue weighted by Gasteiger charge is -2.33. The van der Waals surface area contributed by atoms with Gasteiger partial charge in [-0.1, -0.05) is 20.4 Å². The van der Waals surface area contributed by atoms with Crippen LogP contribution in [0.15, 0.2) is 17.9 Å². The van der Waals surface area contributed by atoms with Crippen molar-refractivity contribution in [1.82, 2.24) is 5.01 Å². The molecule has 0 aliphatic carbocycles. The van der Waals surface area contributed by atoms with E-state index in [9.17, 15) is 0 Å². The lowest BCUT2D eigenvalue weighted by molar-refractivity contribution is 0.0959. The molecule has 0 radical (unpaired) electrons. The van der Waals surface area contributed by atoms with Crippen LogP contribution in [-0.4, -0.2) is 29.4 Å². The molecule has 0 N–H and O–H groups in total. The Morgan fingerprint density at radius 3 is 2.87 bits per heavy atom. The van der Waals surface area contributed by atoms with Gasteiger partial charge in [0, 0.05) is 12.1 Å². The van der Waals surface area contributed by atoms with Crippen molar-refractivity contribution in [2.24, 2.45) is 5.10 Å². The molecule has 1 aliphatic heterocycles. The Balaban J connectivity index is 2.57. The fourth-order valence-corrected chi connectivity index (χ4v) is 1.90. The molecule has 0 amide bonds. The van der Waals surface area contributed by atoms with Gasteiger partial charge in [0.05, 0.1) is 18.3 Å². The van der Waals surface area contributed by atoms with Crippen LogP contribution in [0.3, 0.4) is 0 Å². The zero-order valence-electron chi connectivity index (χ0n) is 10.1. The highest BCUT2D eigenvalue weighted by Gasteiger charge is 2.35. The molecule has 86 valence electrons. The van der Waals surface area contributed by atoms with Gasteiger partial charge in [0.25, 0.3) is 0 Å². The largest absolute Gasteiger partial charge is 0.500 e. The van der Waals surface area contributed by atoms with E-state index in [0.717, 1.165) is 25.8 Å². The quantitative estimate of drug-likeness (QED) is 0.497. The molecule has 1 unspecified atom stereocenters. The predicted molar refractivity (Wildman–Crippen MR) is 63.9 cm³/mol. The van der Waals surface area contributed by atoms with E-state index in [0.29, 0.717) is 6.61 Å². The Kier molecular flexibility index (Phi) is 4.18. The van der Waals surface area contributed by atoms with Gasteiger partial charge < -0.3 is 4.74 Å². The Labute approximate surface area is 92.8 Å². The molecule has 0 aromatic rings. The van der Waals surface area contributed by atoms with Crippen LogP contribution in [0.2, 0.25) is 0 Å². The molecule has 0 aromatic carbocycles. The molecule has 1 rings (SSSR count). The highest BCUT2D eigenvalue weighted by Crippen LogP contribution is 2.30. The summed E-state index contributed by atoms with van der Waals surface area (Å²) >= 11 is 0. The van der Waals surface area contributed by atoms with Crippen LogP contribution in [0.1, 0.15) is 40.0 Å². The lowest BCUT2D eigenvalue weighted by atomic mass is 9.92. The van der Waals surface area contributed by atoms with Crippen molar-refractivity contribution in [2.45, 2.75) is 45.6 Å². The van der Waals surface area contributed by atoms with E-state index in [1.807, 2.05) is 0 Å². The van der Waals surface area contributed by atoms with Gasteiger partial charge in [0.15, 0.2) is 0 Å². The molecular weight excluding hydrogens is 188 g/mol. The van der Waals surface area contributed by atoms with Crippen molar-refractivity contribution in [3.05, 3.63) is 12.8 Å². The summed E-state index contributed by atoms with van der Waals surface area (Å²) in [6.45, 7) is 11.7. The zero-order valence-corrected chi connectivity index (χ0v) is 10.1. The SMILES string of the molecule is C=COCCN1N=C(CC)CC1(C)CC. The van der Waals surface area contributed by atoms with Crippen molar-refractivity contribution in [1.29, 1.82) is 0 Å². The van der Waals surface area contributed by atoms with Gasteiger partial charge in [-0.3, -0.25) is 5.01 Å². The van der Waals surface area contributed by atoms with Crippen LogP contribution in [0.25, 0.3) is 0 Å². The molecule has 0 bridgehead atoms. The van der Waals surface area contributed by atoms with Crippen LogP contribution in [0, 0.1) is 0 Å². The van der Waals surface area contributed by atoms with Crippen molar-refractivity contribution in [2.75, 3.05) is 13.2 Å². The van der Waals surface area contributed by atoms with Crippen LogP contribution >= 0.6 is 0 Å². The molecule has 1 heterocycles. The molecule has 0 saturated carbocycles. The Hall–Kier alpha value is -0.990. The summed E-state index contributed by atoms with van der Waals surface area (Å²) in [6.07, 6.45) is 4.75. The van der Waals surface area contributed by atoms with E-state index in [-0.39, 0.29) is 5.54 Å². The second kappa shape index (κ2) is 5.19. The molecule has 3 heteroatoms. The summed E-state index contributed by atoms with van der Waals surface area (Å²) in [4.78, 5) is 0. The zero-order chi connectivity index (χ0) is 11.3. The number of rotatable bonds is 6. The molecular formula is C12H22N2O. The molecule has 1 aliphatic rings. The lowest BCUT2D eigenvalue weighted by Crippen LogP contribution is -2.40. The molecule has 0 aromatic heterocycles. The van der Waals surface area contributed by atoms with Gasteiger partial charge in [-0.15, -0.1) is 0 Å². The van der Waals surface area contributed by atoms with Crippen LogP contribution in [0.5, 0.6) is 0 Å². The minimum atomic E-state index is 0.190. The van der Waals surface area contributed by atoms with E-state index in [1.165, 1.54) is 12.0 Å². The van der Waals surface area contributed by atoms with Crippen molar-refractivity contribution in [3.8, 4) is 0 Å². The maximum absolute atomic E-state index is 5.16. The normalized spacial score (nSPS) is 25.3. The van der Waals surface area contributed by atoms with Gasteiger partial charge >= 0.3 is 0 Å². The molecule has 0 spiro atoms. The minimum Gasteiger partial charge on any atom is -0.500 e. The first kappa shape index (κ1) is 12.1. The summed E-state index contributed by atoms with van der Waals surface area (Å²) in [7, 11) is 0. The molecule has 15 heavy (non-hydrogen) atoms.